The molecule has 8 heteroatoms. The monoisotopic (exact) mass is 351 g/mol. The van der Waals surface area contributed by atoms with Crippen molar-refractivity contribution in [1.82, 2.24) is 30.0 Å². The summed E-state index contributed by atoms with van der Waals surface area (Å²) in [6.07, 6.45) is 6.49. The van der Waals surface area contributed by atoms with E-state index < -0.39 is 0 Å². The summed E-state index contributed by atoms with van der Waals surface area (Å²) in [7, 11) is 0. The number of amides is 1. The fourth-order valence-electron chi connectivity index (χ4n) is 2.61. The Morgan fingerprint density at radius 1 is 1.19 bits per heavy atom. The lowest BCUT2D eigenvalue weighted by Gasteiger charge is -2.14. The van der Waals surface area contributed by atoms with Gasteiger partial charge in [0.15, 0.2) is 5.82 Å². The van der Waals surface area contributed by atoms with Gasteiger partial charge in [0.05, 0.1) is 17.8 Å². The number of hydrogen-bond acceptors (Lipinski definition) is 6. The zero-order chi connectivity index (χ0) is 18.5. The highest BCUT2D eigenvalue weighted by atomic mass is 16.1. The van der Waals surface area contributed by atoms with Crippen LogP contribution in [0.4, 0.5) is 5.95 Å². The second-order valence-electron chi connectivity index (χ2n) is 5.81. The molecule has 0 aliphatic carbocycles. The number of rotatable bonds is 6. The van der Waals surface area contributed by atoms with Crippen molar-refractivity contribution < 1.29 is 4.79 Å². The Balaban J connectivity index is 1.73. The van der Waals surface area contributed by atoms with Gasteiger partial charge < -0.3 is 10.6 Å². The van der Waals surface area contributed by atoms with Gasteiger partial charge in [-0.15, -0.1) is 0 Å². The molecule has 26 heavy (non-hydrogen) atoms. The summed E-state index contributed by atoms with van der Waals surface area (Å²) < 4.78 is 1.76. The van der Waals surface area contributed by atoms with E-state index in [-0.39, 0.29) is 11.9 Å². The van der Waals surface area contributed by atoms with Crippen LogP contribution >= 0.6 is 0 Å². The van der Waals surface area contributed by atoms with Gasteiger partial charge in [0.2, 0.25) is 5.95 Å². The molecule has 0 aromatic carbocycles. The molecule has 1 atom stereocenters. The molecular formula is C18H21N7O. The average molecular weight is 351 g/mol. The number of nitrogens with zero attached hydrogens (tertiary/aromatic N) is 5. The summed E-state index contributed by atoms with van der Waals surface area (Å²) >= 11 is 0. The largest absolute Gasteiger partial charge is 0.355 e. The van der Waals surface area contributed by atoms with Crippen molar-refractivity contribution in [2.75, 3.05) is 11.9 Å². The Bertz CT molecular complexity index is 874. The number of carbonyl (C=O) groups is 1. The van der Waals surface area contributed by atoms with E-state index in [0.717, 1.165) is 23.6 Å². The van der Waals surface area contributed by atoms with Crippen LogP contribution in [0.25, 0.3) is 5.82 Å². The first kappa shape index (κ1) is 17.5. The Hall–Kier alpha value is -3.29. The van der Waals surface area contributed by atoms with Crippen LogP contribution in [0.2, 0.25) is 0 Å². The molecule has 2 N–H and O–H groups in total. The van der Waals surface area contributed by atoms with E-state index in [4.69, 9.17) is 0 Å². The maximum atomic E-state index is 12.4. The summed E-state index contributed by atoms with van der Waals surface area (Å²) in [5.74, 6) is 1.01. The molecule has 3 aromatic rings. The van der Waals surface area contributed by atoms with Crippen molar-refractivity contribution in [2.24, 2.45) is 0 Å². The van der Waals surface area contributed by atoms with Crippen LogP contribution in [-0.4, -0.2) is 37.2 Å². The van der Waals surface area contributed by atoms with Crippen molar-refractivity contribution in [2.45, 2.75) is 26.8 Å². The topological polar surface area (TPSA) is 97.6 Å². The Kier molecular flexibility index (Phi) is 5.21. The SMILES string of the molecule is CCNc1ncc(C(=O)NC(C)c2cnn(-c3ccccn3)c2C)cn1. The average Bonchev–Trinajstić information content (AvgIpc) is 3.05. The third-order valence-electron chi connectivity index (χ3n) is 3.98. The molecule has 0 bridgehead atoms. The third kappa shape index (κ3) is 3.69. The minimum atomic E-state index is -0.231. The number of anilines is 1. The zero-order valence-corrected chi connectivity index (χ0v) is 15.0. The van der Waals surface area contributed by atoms with Gasteiger partial charge in [-0.3, -0.25) is 4.79 Å². The van der Waals surface area contributed by atoms with E-state index in [1.54, 1.807) is 17.1 Å². The fraction of sp³-hybridized carbons (Fsp3) is 0.278. The van der Waals surface area contributed by atoms with Crippen molar-refractivity contribution in [3.05, 3.63) is 59.8 Å². The quantitative estimate of drug-likeness (QED) is 0.707. The van der Waals surface area contributed by atoms with E-state index >= 15 is 0 Å². The van der Waals surface area contributed by atoms with Crippen LogP contribution in [0.5, 0.6) is 0 Å². The molecule has 0 spiro atoms. The lowest BCUT2D eigenvalue weighted by molar-refractivity contribution is 0.0939. The molecule has 0 fully saturated rings. The summed E-state index contributed by atoms with van der Waals surface area (Å²) in [6, 6.07) is 5.44. The first-order valence-electron chi connectivity index (χ1n) is 8.43. The van der Waals surface area contributed by atoms with E-state index in [2.05, 4.69) is 30.7 Å². The first-order valence-corrected chi connectivity index (χ1v) is 8.43. The number of aromatic nitrogens is 5. The molecule has 3 heterocycles. The Labute approximate surface area is 151 Å². The van der Waals surface area contributed by atoms with Crippen LogP contribution in [0.1, 0.15) is 41.5 Å². The highest BCUT2D eigenvalue weighted by Crippen LogP contribution is 2.19. The standard InChI is InChI=1S/C18H21N7O/c1-4-19-18-21-9-14(10-22-18)17(26)24-12(2)15-11-23-25(13(15)3)16-7-5-6-8-20-16/h5-12H,4H2,1-3H3,(H,24,26)(H,19,21,22). The lowest BCUT2D eigenvalue weighted by Crippen LogP contribution is -2.27. The molecule has 0 saturated carbocycles. The first-order chi connectivity index (χ1) is 12.6. The van der Waals surface area contributed by atoms with E-state index in [9.17, 15) is 4.79 Å². The molecule has 0 aliphatic rings. The molecule has 1 amide bonds. The van der Waals surface area contributed by atoms with E-state index in [0.29, 0.717) is 11.5 Å². The Morgan fingerprint density at radius 2 is 1.96 bits per heavy atom. The minimum absolute atomic E-state index is 0.214. The molecule has 134 valence electrons. The zero-order valence-electron chi connectivity index (χ0n) is 15.0. The van der Waals surface area contributed by atoms with Gasteiger partial charge in [0.1, 0.15) is 0 Å². The Morgan fingerprint density at radius 3 is 2.62 bits per heavy atom. The maximum absolute atomic E-state index is 12.4. The fourth-order valence-corrected chi connectivity index (χ4v) is 2.61. The van der Waals surface area contributed by atoms with Crippen LogP contribution in [-0.2, 0) is 0 Å². The second-order valence-corrected chi connectivity index (χ2v) is 5.81. The van der Waals surface area contributed by atoms with Crippen LogP contribution in [0.3, 0.4) is 0 Å². The van der Waals surface area contributed by atoms with Crippen LogP contribution in [0.15, 0.2) is 43.0 Å². The van der Waals surface area contributed by atoms with Gasteiger partial charge >= 0.3 is 0 Å². The van der Waals surface area contributed by atoms with Crippen LogP contribution in [0, 0.1) is 6.92 Å². The van der Waals surface area contributed by atoms with Crippen molar-refractivity contribution >= 4 is 11.9 Å². The predicted molar refractivity (Wildman–Crippen MR) is 98.2 cm³/mol. The van der Waals surface area contributed by atoms with E-state index in [1.165, 1.54) is 12.4 Å². The van der Waals surface area contributed by atoms with Crippen molar-refractivity contribution in [3.63, 3.8) is 0 Å². The normalized spacial score (nSPS) is 11.8. The molecule has 3 rings (SSSR count). The number of nitrogens with one attached hydrogen (secondary N) is 2. The van der Waals surface area contributed by atoms with Gasteiger partial charge in [-0.05, 0) is 32.9 Å². The molecule has 0 radical (unpaired) electrons. The molecule has 3 aromatic heterocycles. The maximum Gasteiger partial charge on any atom is 0.254 e. The molecule has 1 unspecified atom stereocenters. The highest BCUT2D eigenvalue weighted by molar-refractivity contribution is 5.93. The lowest BCUT2D eigenvalue weighted by atomic mass is 10.1. The summed E-state index contributed by atoms with van der Waals surface area (Å²) in [4.78, 5) is 25.0. The van der Waals surface area contributed by atoms with Gasteiger partial charge in [-0.1, -0.05) is 6.07 Å². The van der Waals surface area contributed by atoms with Crippen LogP contribution < -0.4 is 10.6 Å². The second kappa shape index (κ2) is 7.73. The van der Waals surface area contributed by atoms with Gasteiger partial charge in [0, 0.05) is 36.4 Å². The summed E-state index contributed by atoms with van der Waals surface area (Å²) in [5.41, 5.74) is 2.26. The molecule has 8 nitrogen and oxygen atoms in total. The van der Waals surface area contributed by atoms with Gasteiger partial charge in [-0.2, -0.15) is 5.10 Å². The minimum Gasteiger partial charge on any atom is -0.355 e. The summed E-state index contributed by atoms with van der Waals surface area (Å²) in [5, 5.41) is 10.3. The van der Waals surface area contributed by atoms with Gasteiger partial charge in [-0.25, -0.2) is 19.6 Å². The summed E-state index contributed by atoms with van der Waals surface area (Å²) in [6.45, 7) is 6.55. The predicted octanol–water partition coefficient (Wildman–Crippen LogP) is 2.29. The number of hydrogen-bond donors (Lipinski definition) is 2. The van der Waals surface area contributed by atoms with Crippen molar-refractivity contribution in [1.29, 1.82) is 0 Å². The number of pyridine rings is 1. The number of carbonyl (C=O) groups excluding carboxylic acids is 1. The molecule has 0 saturated heterocycles. The van der Waals surface area contributed by atoms with Crippen molar-refractivity contribution in [3.8, 4) is 5.82 Å². The third-order valence-corrected chi connectivity index (χ3v) is 3.98. The molecule has 0 aliphatic heterocycles. The van der Waals surface area contributed by atoms with Gasteiger partial charge in [0.25, 0.3) is 5.91 Å². The van der Waals surface area contributed by atoms with E-state index in [1.807, 2.05) is 39.0 Å². The smallest absolute Gasteiger partial charge is 0.254 e. The highest BCUT2D eigenvalue weighted by Gasteiger charge is 2.18. The molecular weight excluding hydrogens is 330 g/mol.